The molecule has 2 aliphatic rings. The van der Waals surface area contributed by atoms with Gasteiger partial charge in [0.05, 0.1) is 10.9 Å². The van der Waals surface area contributed by atoms with Crippen LogP contribution >= 0.6 is 0 Å². The molecule has 1 aromatic carbocycles. The molecule has 166 valence electrons. The third-order valence-electron chi connectivity index (χ3n) is 6.83. The molecule has 0 aliphatic carbocycles. The van der Waals surface area contributed by atoms with Gasteiger partial charge >= 0.3 is 6.03 Å². The molecule has 8 nitrogen and oxygen atoms in total. The van der Waals surface area contributed by atoms with Gasteiger partial charge in [-0.05, 0) is 69.4 Å². The molecule has 0 saturated carbocycles. The highest BCUT2D eigenvalue weighted by atomic mass is 32.2. The number of carbonyl (C=O) groups is 2. The standard InChI is InChI=1S/C21H32N4O4S/c1-13-14(2)16(4)19(17(5)15(13)3)30(28,29)24-11-9-23(10-12-24)18(6)20(26)25-8-7-22-21(25)27/h18H,7-12H2,1-6H3,(H,22,27). The molecule has 1 aromatic rings. The van der Waals surface area contributed by atoms with E-state index in [0.29, 0.717) is 44.2 Å². The average Bonchev–Trinajstić information content (AvgIpc) is 3.15. The summed E-state index contributed by atoms with van der Waals surface area (Å²) in [5.41, 5.74) is 4.77. The second-order valence-electron chi connectivity index (χ2n) is 8.29. The number of piperazine rings is 1. The van der Waals surface area contributed by atoms with Crippen LogP contribution in [0.25, 0.3) is 0 Å². The van der Waals surface area contributed by atoms with Crippen molar-refractivity contribution in [3.63, 3.8) is 0 Å². The first kappa shape index (κ1) is 22.7. The van der Waals surface area contributed by atoms with Gasteiger partial charge in [-0.15, -0.1) is 0 Å². The van der Waals surface area contributed by atoms with Gasteiger partial charge in [0.25, 0.3) is 0 Å². The predicted octanol–water partition coefficient (Wildman–Crippen LogP) is 1.48. The summed E-state index contributed by atoms with van der Waals surface area (Å²) < 4.78 is 28.5. The number of nitrogens with zero attached hydrogens (tertiary/aromatic N) is 3. The smallest absolute Gasteiger partial charge is 0.324 e. The molecule has 0 aromatic heterocycles. The van der Waals surface area contributed by atoms with E-state index in [0.717, 1.165) is 27.8 Å². The fourth-order valence-corrected chi connectivity index (χ4v) is 6.36. The number of imide groups is 1. The second-order valence-corrected chi connectivity index (χ2v) is 10.2. The first-order chi connectivity index (χ1) is 14.0. The number of amides is 3. The van der Waals surface area contributed by atoms with Crippen LogP contribution in [0.4, 0.5) is 4.79 Å². The molecule has 1 unspecified atom stereocenters. The Morgan fingerprint density at radius 1 is 0.867 bits per heavy atom. The number of nitrogens with one attached hydrogen (secondary N) is 1. The molecule has 2 aliphatic heterocycles. The molecule has 3 amide bonds. The van der Waals surface area contributed by atoms with Crippen molar-refractivity contribution >= 4 is 22.0 Å². The van der Waals surface area contributed by atoms with Gasteiger partial charge in [0.15, 0.2) is 0 Å². The van der Waals surface area contributed by atoms with Crippen molar-refractivity contribution in [1.82, 2.24) is 19.4 Å². The lowest BCUT2D eigenvalue weighted by atomic mass is 9.95. The summed E-state index contributed by atoms with van der Waals surface area (Å²) in [6.45, 7) is 13.9. The third-order valence-corrected chi connectivity index (χ3v) is 9.00. The minimum atomic E-state index is -3.63. The van der Waals surface area contributed by atoms with E-state index in [1.54, 1.807) is 6.92 Å². The van der Waals surface area contributed by atoms with Crippen molar-refractivity contribution in [2.75, 3.05) is 39.3 Å². The van der Waals surface area contributed by atoms with E-state index in [2.05, 4.69) is 5.32 Å². The fraction of sp³-hybridized carbons (Fsp3) is 0.619. The number of hydrogen-bond acceptors (Lipinski definition) is 5. The summed E-state index contributed by atoms with van der Waals surface area (Å²) in [4.78, 5) is 28.0. The Labute approximate surface area is 179 Å². The minimum Gasteiger partial charge on any atom is -0.336 e. The maximum atomic E-state index is 13.5. The lowest BCUT2D eigenvalue weighted by Crippen LogP contribution is -2.55. The number of urea groups is 1. The van der Waals surface area contributed by atoms with Gasteiger partial charge in [0.2, 0.25) is 15.9 Å². The Morgan fingerprint density at radius 2 is 1.37 bits per heavy atom. The topological polar surface area (TPSA) is 90.0 Å². The maximum absolute atomic E-state index is 13.5. The van der Waals surface area contributed by atoms with Crippen LogP contribution in [0.15, 0.2) is 4.90 Å². The highest BCUT2D eigenvalue weighted by molar-refractivity contribution is 7.89. The van der Waals surface area contributed by atoms with E-state index in [9.17, 15) is 18.0 Å². The van der Waals surface area contributed by atoms with E-state index < -0.39 is 16.1 Å². The van der Waals surface area contributed by atoms with Crippen LogP contribution in [0.3, 0.4) is 0 Å². The molecule has 2 saturated heterocycles. The highest BCUT2D eigenvalue weighted by Crippen LogP contribution is 2.32. The zero-order valence-electron chi connectivity index (χ0n) is 18.7. The predicted molar refractivity (Wildman–Crippen MR) is 115 cm³/mol. The van der Waals surface area contributed by atoms with Crippen LogP contribution in [0.5, 0.6) is 0 Å². The van der Waals surface area contributed by atoms with E-state index in [-0.39, 0.29) is 11.9 Å². The summed E-state index contributed by atoms with van der Waals surface area (Å²) in [7, 11) is -3.63. The number of rotatable bonds is 4. The molecular formula is C21H32N4O4S. The van der Waals surface area contributed by atoms with Crippen molar-refractivity contribution in [3.05, 3.63) is 27.8 Å². The normalized spacial score (nSPS) is 19.8. The monoisotopic (exact) mass is 436 g/mol. The number of benzene rings is 1. The van der Waals surface area contributed by atoms with Gasteiger partial charge in [-0.2, -0.15) is 4.31 Å². The maximum Gasteiger partial charge on any atom is 0.324 e. The first-order valence-corrected chi connectivity index (χ1v) is 11.8. The molecular weight excluding hydrogens is 404 g/mol. The van der Waals surface area contributed by atoms with Crippen molar-refractivity contribution in [2.24, 2.45) is 0 Å². The largest absolute Gasteiger partial charge is 0.336 e. The summed E-state index contributed by atoms with van der Waals surface area (Å²) in [6, 6.07) is -0.824. The SMILES string of the molecule is Cc1c(C)c(C)c(S(=O)(=O)N2CCN(C(C)C(=O)N3CCNC3=O)CC2)c(C)c1C. The van der Waals surface area contributed by atoms with Gasteiger partial charge < -0.3 is 5.32 Å². The van der Waals surface area contributed by atoms with Crippen molar-refractivity contribution in [3.8, 4) is 0 Å². The number of carbonyl (C=O) groups excluding carboxylic acids is 2. The molecule has 2 fully saturated rings. The summed E-state index contributed by atoms with van der Waals surface area (Å²) >= 11 is 0. The van der Waals surface area contributed by atoms with Crippen molar-refractivity contribution in [1.29, 1.82) is 0 Å². The zero-order valence-corrected chi connectivity index (χ0v) is 19.5. The van der Waals surface area contributed by atoms with E-state index in [1.807, 2.05) is 39.5 Å². The Morgan fingerprint density at radius 3 is 1.83 bits per heavy atom. The van der Waals surface area contributed by atoms with E-state index >= 15 is 0 Å². The lowest BCUT2D eigenvalue weighted by molar-refractivity contribution is -0.133. The Hall–Kier alpha value is -1.97. The number of hydrogen-bond donors (Lipinski definition) is 1. The summed E-state index contributed by atoms with van der Waals surface area (Å²) in [6.07, 6.45) is 0. The van der Waals surface area contributed by atoms with Gasteiger partial charge in [-0.1, -0.05) is 0 Å². The van der Waals surface area contributed by atoms with Crippen LogP contribution in [-0.4, -0.2) is 79.8 Å². The molecule has 3 rings (SSSR count). The summed E-state index contributed by atoms with van der Waals surface area (Å²) in [5.74, 6) is -0.238. The van der Waals surface area contributed by atoms with Crippen LogP contribution in [0, 0.1) is 34.6 Å². The van der Waals surface area contributed by atoms with Gasteiger partial charge in [-0.25, -0.2) is 13.2 Å². The van der Waals surface area contributed by atoms with E-state index in [1.165, 1.54) is 9.21 Å². The van der Waals surface area contributed by atoms with Gasteiger partial charge in [0.1, 0.15) is 0 Å². The lowest BCUT2D eigenvalue weighted by Gasteiger charge is -2.38. The minimum absolute atomic E-state index is 0.238. The zero-order chi connectivity index (χ0) is 22.4. The molecule has 0 spiro atoms. The number of sulfonamides is 1. The molecule has 2 heterocycles. The third kappa shape index (κ3) is 3.74. The van der Waals surface area contributed by atoms with Crippen LogP contribution < -0.4 is 5.32 Å². The first-order valence-electron chi connectivity index (χ1n) is 10.4. The van der Waals surface area contributed by atoms with Gasteiger partial charge in [-0.3, -0.25) is 14.6 Å². The van der Waals surface area contributed by atoms with Crippen molar-refractivity contribution < 1.29 is 18.0 Å². The fourth-order valence-electron chi connectivity index (χ4n) is 4.38. The quantitative estimate of drug-likeness (QED) is 0.772. The second kappa shape index (κ2) is 8.28. The van der Waals surface area contributed by atoms with Gasteiger partial charge in [0, 0.05) is 39.3 Å². The van der Waals surface area contributed by atoms with E-state index in [4.69, 9.17) is 0 Å². The van der Waals surface area contributed by atoms with Crippen molar-refractivity contribution in [2.45, 2.75) is 52.5 Å². The molecule has 9 heteroatoms. The van der Waals surface area contributed by atoms with Crippen LogP contribution in [0.2, 0.25) is 0 Å². The Bertz CT molecular complexity index is 952. The molecule has 1 atom stereocenters. The Kier molecular flexibility index (Phi) is 6.27. The molecule has 1 N–H and O–H groups in total. The summed E-state index contributed by atoms with van der Waals surface area (Å²) in [5, 5.41) is 2.64. The average molecular weight is 437 g/mol. The highest BCUT2D eigenvalue weighted by Gasteiger charge is 2.37. The molecule has 0 bridgehead atoms. The van der Waals surface area contributed by atoms with Crippen LogP contribution in [0.1, 0.15) is 34.7 Å². The van der Waals surface area contributed by atoms with Crippen LogP contribution in [-0.2, 0) is 14.8 Å². The Balaban J connectivity index is 1.76. The molecule has 0 radical (unpaired) electrons. The molecule has 30 heavy (non-hydrogen) atoms.